The smallest absolute Gasteiger partial charge is 0.319 e. The van der Waals surface area contributed by atoms with Gasteiger partial charge in [0.2, 0.25) is 5.91 Å². The quantitative estimate of drug-likeness (QED) is 0.910. The van der Waals surface area contributed by atoms with Crippen LogP contribution in [0.1, 0.15) is 12.0 Å². The van der Waals surface area contributed by atoms with Gasteiger partial charge in [-0.25, -0.2) is 9.18 Å². The number of hydrogen-bond acceptors (Lipinski definition) is 2. The number of benzene rings is 2. The number of anilines is 2. The van der Waals surface area contributed by atoms with E-state index in [1.54, 1.807) is 12.1 Å². The molecule has 1 fully saturated rings. The molecule has 124 valence electrons. The van der Waals surface area contributed by atoms with E-state index in [9.17, 15) is 14.0 Å². The summed E-state index contributed by atoms with van der Waals surface area (Å²) in [7, 11) is 0. The summed E-state index contributed by atoms with van der Waals surface area (Å²) in [5.74, 6) is -0.532. The van der Waals surface area contributed by atoms with E-state index in [4.69, 9.17) is 0 Å². The Morgan fingerprint density at radius 2 is 2.00 bits per heavy atom. The van der Waals surface area contributed by atoms with Crippen molar-refractivity contribution in [1.29, 1.82) is 0 Å². The second-order valence-corrected chi connectivity index (χ2v) is 5.80. The number of carbonyl (C=O) groups excluding carboxylic acids is 2. The van der Waals surface area contributed by atoms with Crippen molar-refractivity contribution in [1.82, 2.24) is 5.32 Å². The molecule has 0 saturated carbocycles. The van der Waals surface area contributed by atoms with Crippen molar-refractivity contribution in [3.63, 3.8) is 0 Å². The van der Waals surface area contributed by atoms with Crippen LogP contribution in [0.2, 0.25) is 0 Å². The first-order chi connectivity index (χ1) is 11.5. The molecule has 5 nitrogen and oxygen atoms in total. The fourth-order valence-corrected chi connectivity index (χ4v) is 2.75. The number of nitrogens with zero attached hydrogens (tertiary/aromatic N) is 1. The van der Waals surface area contributed by atoms with Crippen LogP contribution in [0, 0.1) is 12.7 Å². The molecule has 0 spiro atoms. The van der Waals surface area contributed by atoms with Crippen molar-refractivity contribution in [2.75, 3.05) is 16.8 Å². The van der Waals surface area contributed by atoms with Gasteiger partial charge < -0.3 is 15.5 Å². The lowest BCUT2D eigenvalue weighted by Gasteiger charge is -2.17. The third-order valence-electron chi connectivity index (χ3n) is 3.97. The minimum atomic E-state index is -0.394. The summed E-state index contributed by atoms with van der Waals surface area (Å²) in [6.07, 6.45) is 0.192. The minimum absolute atomic E-state index is 0.137. The maximum atomic E-state index is 13.3. The molecule has 2 N–H and O–H groups in total. The predicted octanol–water partition coefficient (Wildman–Crippen LogP) is 3.06. The van der Waals surface area contributed by atoms with E-state index in [0.717, 1.165) is 11.3 Å². The van der Waals surface area contributed by atoms with Gasteiger partial charge in [-0.1, -0.05) is 24.3 Å². The number of nitrogens with one attached hydrogen (secondary N) is 2. The lowest BCUT2D eigenvalue weighted by Crippen LogP contribution is -2.39. The van der Waals surface area contributed by atoms with Crippen molar-refractivity contribution >= 4 is 23.3 Å². The molecule has 0 aliphatic carbocycles. The molecule has 1 saturated heterocycles. The van der Waals surface area contributed by atoms with Crippen LogP contribution in [0.5, 0.6) is 0 Å². The average Bonchev–Trinajstić information content (AvgIpc) is 2.90. The Bertz CT molecular complexity index is 778. The zero-order chi connectivity index (χ0) is 17.1. The maximum absolute atomic E-state index is 13.3. The molecule has 3 amide bonds. The Kier molecular flexibility index (Phi) is 4.46. The number of carbonyl (C=O) groups is 2. The van der Waals surface area contributed by atoms with Gasteiger partial charge in [0.1, 0.15) is 5.82 Å². The second kappa shape index (κ2) is 6.70. The molecule has 2 aromatic rings. The number of aryl methyl sites for hydroxylation is 1. The number of halogens is 1. The first kappa shape index (κ1) is 16.0. The van der Waals surface area contributed by atoms with E-state index in [2.05, 4.69) is 10.6 Å². The lowest BCUT2D eigenvalue weighted by molar-refractivity contribution is -0.117. The lowest BCUT2D eigenvalue weighted by atomic mass is 10.2. The van der Waals surface area contributed by atoms with Crippen LogP contribution in [0.15, 0.2) is 48.5 Å². The minimum Gasteiger partial charge on any atom is -0.333 e. The van der Waals surface area contributed by atoms with Crippen LogP contribution < -0.4 is 15.5 Å². The molecule has 2 aromatic carbocycles. The fourth-order valence-electron chi connectivity index (χ4n) is 2.75. The van der Waals surface area contributed by atoms with E-state index in [1.807, 2.05) is 31.2 Å². The standard InChI is InChI=1S/C18H18FN3O2/c1-12-5-2-3-8-16(12)21-18(24)20-14-10-17(23)22(11-14)15-7-4-6-13(19)9-15/h2-9,14H,10-11H2,1H3,(H2,20,21,24). The summed E-state index contributed by atoms with van der Waals surface area (Å²) in [6.45, 7) is 2.23. The first-order valence-electron chi connectivity index (χ1n) is 7.72. The highest BCUT2D eigenvalue weighted by Crippen LogP contribution is 2.22. The largest absolute Gasteiger partial charge is 0.333 e. The predicted molar refractivity (Wildman–Crippen MR) is 90.5 cm³/mol. The van der Waals surface area contributed by atoms with Crippen LogP contribution >= 0.6 is 0 Å². The average molecular weight is 327 g/mol. The van der Waals surface area contributed by atoms with Gasteiger partial charge in [0.25, 0.3) is 0 Å². The topological polar surface area (TPSA) is 61.4 Å². The van der Waals surface area contributed by atoms with E-state index < -0.39 is 5.82 Å². The van der Waals surface area contributed by atoms with E-state index in [0.29, 0.717) is 12.2 Å². The van der Waals surface area contributed by atoms with Gasteiger partial charge in [-0.2, -0.15) is 0 Å². The summed E-state index contributed by atoms with van der Waals surface area (Å²) in [5.41, 5.74) is 2.18. The summed E-state index contributed by atoms with van der Waals surface area (Å²) in [5, 5.41) is 5.57. The van der Waals surface area contributed by atoms with Gasteiger partial charge in [0.15, 0.2) is 0 Å². The molecule has 1 aliphatic heterocycles. The Labute approximate surface area is 139 Å². The van der Waals surface area contributed by atoms with Gasteiger partial charge in [-0.3, -0.25) is 4.79 Å². The summed E-state index contributed by atoms with van der Waals surface area (Å²) >= 11 is 0. The molecule has 1 atom stereocenters. The number of rotatable bonds is 3. The third kappa shape index (κ3) is 3.53. The summed E-state index contributed by atoms with van der Waals surface area (Å²) in [6, 6.07) is 12.7. The maximum Gasteiger partial charge on any atom is 0.319 e. The van der Waals surface area contributed by atoms with Gasteiger partial charge in [-0.15, -0.1) is 0 Å². The highest BCUT2D eigenvalue weighted by atomic mass is 19.1. The molecule has 24 heavy (non-hydrogen) atoms. The number of para-hydroxylation sites is 1. The van der Waals surface area contributed by atoms with Gasteiger partial charge >= 0.3 is 6.03 Å². The van der Waals surface area contributed by atoms with Crippen molar-refractivity contribution in [2.24, 2.45) is 0 Å². The van der Waals surface area contributed by atoms with Crippen molar-refractivity contribution in [3.8, 4) is 0 Å². The van der Waals surface area contributed by atoms with Crippen LogP contribution in [-0.4, -0.2) is 24.5 Å². The molecular formula is C18H18FN3O2. The molecule has 6 heteroatoms. The Balaban J connectivity index is 1.62. The molecule has 1 unspecified atom stereocenters. The van der Waals surface area contributed by atoms with Crippen LogP contribution in [0.25, 0.3) is 0 Å². The van der Waals surface area contributed by atoms with Gasteiger partial charge in [-0.05, 0) is 36.8 Å². The second-order valence-electron chi connectivity index (χ2n) is 5.80. The normalized spacial score (nSPS) is 17.0. The van der Waals surface area contributed by atoms with Gasteiger partial charge in [0, 0.05) is 24.3 Å². The van der Waals surface area contributed by atoms with Crippen molar-refractivity contribution < 1.29 is 14.0 Å². The van der Waals surface area contributed by atoms with Crippen LogP contribution in [0.4, 0.5) is 20.6 Å². The molecule has 3 rings (SSSR count). The summed E-state index contributed by atoms with van der Waals surface area (Å²) < 4.78 is 13.3. The summed E-state index contributed by atoms with van der Waals surface area (Å²) in [4.78, 5) is 25.7. The van der Waals surface area contributed by atoms with E-state index in [-0.39, 0.29) is 24.4 Å². The molecule has 1 heterocycles. The Hall–Kier alpha value is -2.89. The van der Waals surface area contributed by atoms with Crippen molar-refractivity contribution in [3.05, 3.63) is 59.9 Å². The highest BCUT2D eigenvalue weighted by molar-refractivity contribution is 5.97. The van der Waals surface area contributed by atoms with Gasteiger partial charge in [0.05, 0.1) is 6.04 Å². The number of amides is 3. The molecule has 1 aliphatic rings. The molecule has 0 aromatic heterocycles. The zero-order valence-electron chi connectivity index (χ0n) is 13.3. The molecular weight excluding hydrogens is 309 g/mol. The van der Waals surface area contributed by atoms with Crippen LogP contribution in [-0.2, 0) is 4.79 Å². The number of urea groups is 1. The highest BCUT2D eigenvalue weighted by Gasteiger charge is 2.31. The molecule has 0 radical (unpaired) electrons. The Morgan fingerprint density at radius 1 is 1.21 bits per heavy atom. The number of hydrogen-bond donors (Lipinski definition) is 2. The Morgan fingerprint density at radius 3 is 2.75 bits per heavy atom. The molecule has 0 bridgehead atoms. The SMILES string of the molecule is Cc1ccccc1NC(=O)NC1CC(=O)N(c2cccc(F)c2)C1. The zero-order valence-corrected chi connectivity index (χ0v) is 13.3. The van der Waals surface area contributed by atoms with Crippen LogP contribution in [0.3, 0.4) is 0 Å². The van der Waals surface area contributed by atoms with Crippen molar-refractivity contribution in [2.45, 2.75) is 19.4 Å². The monoisotopic (exact) mass is 327 g/mol. The fraction of sp³-hybridized carbons (Fsp3) is 0.222. The van der Waals surface area contributed by atoms with E-state index in [1.165, 1.54) is 17.0 Å². The first-order valence-corrected chi connectivity index (χ1v) is 7.72. The third-order valence-corrected chi connectivity index (χ3v) is 3.97. The van der Waals surface area contributed by atoms with E-state index >= 15 is 0 Å².